The first-order valence-electron chi connectivity index (χ1n) is 3.94. The Kier molecular flexibility index (Phi) is 2.40. The van der Waals surface area contributed by atoms with E-state index in [1.54, 1.807) is 0 Å². The fourth-order valence-corrected chi connectivity index (χ4v) is 1.44. The molecule has 1 aromatic carbocycles. The maximum Gasteiger partial charge on any atom is 0.0397 e. The van der Waals surface area contributed by atoms with E-state index in [1.165, 1.54) is 16.8 Å². The molecule has 0 aliphatic rings. The lowest BCUT2D eigenvalue weighted by atomic mass is 10.0. The molecular formula is C11H13N. The summed E-state index contributed by atoms with van der Waals surface area (Å²) in [5.41, 5.74) is 4.52. The summed E-state index contributed by atoms with van der Waals surface area (Å²) in [6, 6.07) is 4.03. The van der Waals surface area contributed by atoms with E-state index in [2.05, 4.69) is 25.1 Å². The van der Waals surface area contributed by atoms with Crippen LogP contribution in [0.25, 0.3) is 0 Å². The summed E-state index contributed by atoms with van der Waals surface area (Å²) in [5.74, 6) is 2.63. The second-order valence-corrected chi connectivity index (χ2v) is 2.88. The maximum absolute atomic E-state index is 5.31. The molecule has 0 fully saturated rings. The van der Waals surface area contributed by atoms with Gasteiger partial charge in [0.25, 0.3) is 0 Å². The highest BCUT2D eigenvalue weighted by Gasteiger charge is 2.00. The van der Waals surface area contributed by atoms with Gasteiger partial charge in [0, 0.05) is 18.3 Å². The molecule has 0 radical (unpaired) electrons. The molecule has 62 valence electrons. The van der Waals surface area contributed by atoms with E-state index in [9.17, 15) is 0 Å². The fourth-order valence-electron chi connectivity index (χ4n) is 1.44. The largest absolute Gasteiger partial charge is 0.388 e. The standard InChI is InChI=1S/C11H13N/c1-5-10-6-8(2)11(12-4)9(3)7-10/h1,6-7,12H,2-4H3. The van der Waals surface area contributed by atoms with Crippen LogP contribution in [0.4, 0.5) is 5.69 Å². The first-order valence-corrected chi connectivity index (χ1v) is 3.94. The van der Waals surface area contributed by atoms with Crippen LogP contribution in [-0.2, 0) is 0 Å². The molecule has 0 saturated carbocycles. The van der Waals surface area contributed by atoms with Crippen LogP contribution >= 0.6 is 0 Å². The first-order chi connectivity index (χ1) is 5.69. The van der Waals surface area contributed by atoms with Crippen LogP contribution in [0.2, 0.25) is 0 Å². The molecule has 1 heteroatoms. The predicted octanol–water partition coefficient (Wildman–Crippen LogP) is 2.33. The number of anilines is 1. The minimum atomic E-state index is 0.948. The van der Waals surface area contributed by atoms with Crippen molar-refractivity contribution in [3.05, 3.63) is 28.8 Å². The van der Waals surface area contributed by atoms with Gasteiger partial charge < -0.3 is 5.32 Å². The Morgan fingerprint density at radius 3 is 2.08 bits per heavy atom. The van der Waals surface area contributed by atoms with Crippen LogP contribution in [0.3, 0.4) is 0 Å². The average molecular weight is 159 g/mol. The normalized spacial score (nSPS) is 9.17. The molecule has 0 unspecified atom stereocenters. The predicted molar refractivity (Wildman–Crippen MR) is 53.4 cm³/mol. The van der Waals surface area contributed by atoms with Crippen LogP contribution in [0.15, 0.2) is 12.1 Å². The molecule has 1 rings (SSSR count). The molecule has 12 heavy (non-hydrogen) atoms. The summed E-state index contributed by atoms with van der Waals surface area (Å²) < 4.78 is 0. The minimum absolute atomic E-state index is 0.948. The topological polar surface area (TPSA) is 12.0 Å². The molecule has 1 N–H and O–H groups in total. The van der Waals surface area contributed by atoms with Gasteiger partial charge in [-0.1, -0.05) is 5.92 Å². The van der Waals surface area contributed by atoms with Crippen molar-refractivity contribution < 1.29 is 0 Å². The summed E-state index contributed by atoms with van der Waals surface area (Å²) in [7, 11) is 1.92. The summed E-state index contributed by atoms with van der Waals surface area (Å²) in [6.07, 6.45) is 5.31. The van der Waals surface area contributed by atoms with Gasteiger partial charge in [-0.15, -0.1) is 6.42 Å². The summed E-state index contributed by atoms with van der Waals surface area (Å²) in [5, 5.41) is 3.15. The molecular weight excluding hydrogens is 146 g/mol. The first kappa shape index (κ1) is 8.67. The number of terminal acetylenes is 1. The van der Waals surface area contributed by atoms with Gasteiger partial charge >= 0.3 is 0 Å². The van der Waals surface area contributed by atoms with Gasteiger partial charge in [-0.3, -0.25) is 0 Å². The van der Waals surface area contributed by atoms with Crippen molar-refractivity contribution in [1.29, 1.82) is 0 Å². The third-order valence-electron chi connectivity index (χ3n) is 1.95. The van der Waals surface area contributed by atoms with Crippen LogP contribution < -0.4 is 5.32 Å². The molecule has 0 spiro atoms. The number of aryl methyl sites for hydroxylation is 2. The molecule has 0 heterocycles. The van der Waals surface area contributed by atoms with Crippen molar-refractivity contribution in [2.24, 2.45) is 0 Å². The van der Waals surface area contributed by atoms with Crippen molar-refractivity contribution >= 4 is 5.69 Å². The smallest absolute Gasteiger partial charge is 0.0397 e. The molecule has 0 saturated heterocycles. The van der Waals surface area contributed by atoms with Crippen molar-refractivity contribution in [3.63, 3.8) is 0 Å². The van der Waals surface area contributed by atoms with Gasteiger partial charge in [0.1, 0.15) is 0 Å². The lowest BCUT2D eigenvalue weighted by Gasteiger charge is -2.09. The van der Waals surface area contributed by atoms with Gasteiger partial charge in [0.05, 0.1) is 0 Å². The van der Waals surface area contributed by atoms with Gasteiger partial charge in [-0.2, -0.15) is 0 Å². The average Bonchev–Trinajstić information content (AvgIpc) is 2.03. The lowest BCUT2D eigenvalue weighted by Crippen LogP contribution is -1.95. The Labute approximate surface area is 73.8 Å². The van der Waals surface area contributed by atoms with Crippen LogP contribution in [0.1, 0.15) is 16.7 Å². The number of hydrogen-bond donors (Lipinski definition) is 1. The highest BCUT2D eigenvalue weighted by molar-refractivity contribution is 5.59. The second kappa shape index (κ2) is 3.32. The van der Waals surface area contributed by atoms with E-state index in [0.29, 0.717) is 0 Å². The van der Waals surface area contributed by atoms with Crippen molar-refractivity contribution in [1.82, 2.24) is 0 Å². The third kappa shape index (κ3) is 1.43. The van der Waals surface area contributed by atoms with Gasteiger partial charge in [-0.05, 0) is 37.1 Å². The zero-order valence-electron chi connectivity index (χ0n) is 7.73. The van der Waals surface area contributed by atoms with E-state index in [1.807, 2.05) is 19.2 Å². The molecule has 0 aromatic heterocycles. The van der Waals surface area contributed by atoms with Gasteiger partial charge in [0.15, 0.2) is 0 Å². The number of rotatable bonds is 1. The Bertz CT molecular complexity index is 308. The highest BCUT2D eigenvalue weighted by Crippen LogP contribution is 2.20. The maximum atomic E-state index is 5.31. The zero-order chi connectivity index (χ0) is 9.14. The number of benzene rings is 1. The minimum Gasteiger partial charge on any atom is -0.388 e. The van der Waals surface area contributed by atoms with Crippen molar-refractivity contribution in [3.8, 4) is 12.3 Å². The van der Waals surface area contributed by atoms with Crippen LogP contribution in [0, 0.1) is 26.2 Å². The molecule has 0 aliphatic heterocycles. The molecule has 0 atom stereocenters. The van der Waals surface area contributed by atoms with E-state index in [4.69, 9.17) is 6.42 Å². The van der Waals surface area contributed by atoms with E-state index in [-0.39, 0.29) is 0 Å². The van der Waals surface area contributed by atoms with Gasteiger partial charge in [-0.25, -0.2) is 0 Å². The quantitative estimate of drug-likeness (QED) is 0.620. The van der Waals surface area contributed by atoms with E-state index in [0.717, 1.165) is 5.56 Å². The fraction of sp³-hybridized carbons (Fsp3) is 0.273. The summed E-state index contributed by atoms with van der Waals surface area (Å²) in [4.78, 5) is 0. The Morgan fingerprint density at radius 2 is 1.75 bits per heavy atom. The molecule has 1 nitrogen and oxygen atoms in total. The zero-order valence-corrected chi connectivity index (χ0v) is 7.73. The van der Waals surface area contributed by atoms with Gasteiger partial charge in [0.2, 0.25) is 0 Å². The highest BCUT2D eigenvalue weighted by atomic mass is 14.8. The Morgan fingerprint density at radius 1 is 1.25 bits per heavy atom. The summed E-state index contributed by atoms with van der Waals surface area (Å²) in [6.45, 7) is 4.11. The summed E-state index contributed by atoms with van der Waals surface area (Å²) >= 11 is 0. The number of hydrogen-bond acceptors (Lipinski definition) is 1. The Hall–Kier alpha value is -1.42. The van der Waals surface area contributed by atoms with Crippen LogP contribution in [-0.4, -0.2) is 7.05 Å². The monoisotopic (exact) mass is 159 g/mol. The van der Waals surface area contributed by atoms with E-state index < -0.39 is 0 Å². The van der Waals surface area contributed by atoms with Crippen molar-refractivity contribution in [2.45, 2.75) is 13.8 Å². The molecule has 0 bridgehead atoms. The molecule has 0 amide bonds. The number of nitrogens with one attached hydrogen (secondary N) is 1. The van der Waals surface area contributed by atoms with Crippen LogP contribution in [0.5, 0.6) is 0 Å². The van der Waals surface area contributed by atoms with Crippen molar-refractivity contribution in [2.75, 3.05) is 12.4 Å². The second-order valence-electron chi connectivity index (χ2n) is 2.88. The van der Waals surface area contributed by atoms with E-state index >= 15 is 0 Å². The molecule has 0 aliphatic carbocycles. The lowest BCUT2D eigenvalue weighted by molar-refractivity contribution is 1.33. The SMILES string of the molecule is C#Cc1cc(C)c(NC)c(C)c1. The molecule has 1 aromatic rings. The third-order valence-corrected chi connectivity index (χ3v) is 1.95. The Balaban J connectivity index is 3.30.